The Kier molecular flexibility index (Phi) is 8.26. The van der Waals surface area contributed by atoms with E-state index < -0.39 is 11.7 Å². The molecule has 0 amide bonds. The number of halogens is 4. The van der Waals surface area contributed by atoms with E-state index in [9.17, 15) is 17.6 Å². The van der Waals surface area contributed by atoms with Crippen LogP contribution in [0.15, 0.2) is 97.3 Å². The molecule has 34 heavy (non-hydrogen) atoms. The molecule has 1 radical (unpaired) electrons. The van der Waals surface area contributed by atoms with Gasteiger partial charge in [0, 0.05) is 43.9 Å². The minimum Gasteiger partial charge on any atom is -0.305 e. The van der Waals surface area contributed by atoms with Crippen molar-refractivity contribution in [2.24, 2.45) is 0 Å². The van der Waals surface area contributed by atoms with Gasteiger partial charge in [0.2, 0.25) is 0 Å². The molecule has 3 aromatic carbocycles. The molecule has 5 aromatic rings. The summed E-state index contributed by atoms with van der Waals surface area (Å²) < 4.78 is 50.5. The SMILES string of the molecule is FC(F)(F)c1ccc2cc(-c3ccccn3)[c-]cc2c1.Fc1c[c-]c(-c2ccccn2)cc1.[Ir]. The average molecular weight is 637 g/mol. The molecule has 5 rings (SSSR count). The molecule has 0 fully saturated rings. The largest absolute Gasteiger partial charge is 0.415 e. The summed E-state index contributed by atoms with van der Waals surface area (Å²) in [6.45, 7) is 0. The Morgan fingerprint density at radius 1 is 0.647 bits per heavy atom. The third-order valence-electron chi connectivity index (χ3n) is 4.75. The molecule has 0 saturated heterocycles. The summed E-state index contributed by atoms with van der Waals surface area (Å²) in [4.78, 5) is 8.33. The van der Waals surface area contributed by atoms with Crippen LogP contribution >= 0.6 is 0 Å². The van der Waals surface area contributed by atoms with E-state index in [1.807, 2.05) is 30.3 Å². The van der Waals surface area contributed by atoms with Gasteiger partial charge >= 0.3 is 6.18 Å². The first-order valence-electron chi connectivity index (χ1n) is 9.93. The molecule has 0 unspecified atom stereocenters. The molecule has 2 nitrogen and oxygen atoms in total. The van der Waals surface area contributed by atoms with Crippen LogP contribution in [-0.2, 0) is 26.3 Å². The van der Waals surface area contributed by atoms with Gasteiger partial charge in [0.1, 0.15) is 0 Å². The van der Waals surface area contributed by atoms with Gasteiger partial charge in [-0.3, -0.25) is 4.39 Å². The summed E-state index contributed by atoms with van der Waals surface area (Å²) in [5.74, 6) is -0.278. The van der Waals surface area contributed by atoms with Crippen molar-refractivity contribution in [3.63, 3.8) is 0 Å². The zero-order valence-electron chi connectivity index (χ0n) is 17.5. The molecular formula is C27H16F4IrN2-2. The third-order valence-corrected chi connectivity index (χ3v) is 4.75. The predicted octanol–water partition coefficient (Wildman–Crippen LogP) is 7.41. The summed E-state index contributed by atoms with van der Waals surface area (Å²) in [5, 5.41) is 1.25. The van der Waals surface area contributed by atoms with Crippen LogP contribution in [0.5, 0.6) is 0 Å². The van der Waals surface area contributed by atoms with Crippen molar-refractivity contribution < 1.29 is 37.7 Å². The summed E-state index contributed by atoms with van der Waals surface area (Å²) in [6, 6.07) is 28.3. The topological polar surface area (TPSA) is 25.8 Å². The van der Waals surface area contributed by atoms with Crippen LogP contribution in [0.2, 0.25) is 0 Å². The molecule has 2 heterocycles. The van der Waals surface area contributed by atoms with Gasteiger partial charge in [0.15, 0.2) is 0 Å². The van der Waals surface area contributed by atoms with Crippen molar-refractivity contribution in [3.8, 4) is 22.5 Å². The second-order valence-corrected chi connectivity index (χ2v) is 7.04. The van der Waals surface area contributed by atoms with Crippen molar-refractivity contribution >= 4 is 10.8 Å². The predicted molar refractivity (Wildman–Crippen MR) is 119 cm³/mol. The van der Waals surface area contributed by atoms with Gasteiger partial charge in [-0.15, -0.1) is 59.0 Å². The maximum absolute atomic E-state index is 12.6. The smallest absolute Gasteiger partial charge is 0.305 e. The Bertz CT molecular complexity index is 1340. The standard InChI is InChI=1S/C16H9F3N.C11H7FN.Ir/c17-16(18,19)14-7-6-11-9-13(5-4-12(11)10-14)15-3-1-2-8-20-15;12-10-6-4-9(5-7-10)11-3-1-2-8-13-11;/h1-4,6-10H;1-4,6-8H;/q2*-1;. The fraction of sp³-hybridized carbons (Fsp3) is 0.0370. The van der Waals surface area contributed by atoms with E-state index in [0.717, 1.165) is 40.0 Å². The summed E-state index contributed by atoms with van der Waals surface area (Å²) in [5.41, 5.74) is 2.47. The fourth-order valence-electron chi connectivity index (χ4n) is 3.12. The van der Waals surface area contributed by atoms with Crippen LogP contribution in [0.25, 0.3) is 33.3 Å². The maximum atomic E-state index is 12.6. The monoisotopic (exact) mass is 637 g/mol. The van der Waals surface area contributed by atoms with Gasteiger partial charge in [-0.05, 0) is 23.5 Å². The Balaban J connectivity index is 0.000000201. The van der Waals surface area contributed by atoms with Crippen molar-refractivity contribution in [2.75, 3.05) is 0 Å². The molecule has 7 heteroatoms. The van der Waals surface area contributed by atoms with Crippen LogP contribution in [-0.4, -0.2) is 9.97 Å². The first kappa shape index (κ1) is 25.2. The Morgan fingerprint density at radius 3 is 1.85 bits per heavy atom. The number of fused-ring (bicyclic) bond motifs is 1. The van der Waals surface area contributed by atoms with E-state index >= 15 is 0 Å². The van der Waals surface area contributed by atoms with Gasteiger partial charge in [-0.2, -0.15) is 13.2 Å². The number of benzene rings is 3. The molecular weight excluding hydrogens is 621 g/mol. The van der Waals surface area contributed by atoms with Gasteiger partial charge in [-0.25, -0.2) is 0 Å². The van der Waals surface area contributed by atoms with Crippen LogP contribution in [0.1, 0.15) is 5.56 Å². The number of alkyl halides is 3. The fourth-order valence-corrected chi connectivity index (χ4v) is 3.12. The van der Waals surface area contributed by atoms with E-state index in [2.05, 4.69) is 22.1 Å². The Morgan fingerprint density at radius 2 is 1.29 bits per heavy atom. The number of nitrogens with zero attached hydrogens (tertiary/aromatic N) is 2. The molecule has 2 aromatic heterocycles. The van der Waals surface area contributed by atoms with E-state index in [1.165, 1.54) is 18.2 Å². The van der Waals surface area contributed by atoms with Gasteiger partial charge < -0.3 is 9.97 Å². The number of hydrogen-bond acceptors (Lipinski definition) is 2. The zero-order chi connectivity index (χ0) is 23.3. The van der Waals surface area contributed by atoms with E-state index in [0.29, 0.717) is 5.39 Å². The summed E-state index contributed by atoms with van der Waals surface area (Å²) in [7, 11) is 0. The molecule has 0 atom stereocenters. The zero-order valence-corrected chi connectivity index (χ0v) is 19.9. The first-order valence-corrected chi connectivity index (χ1v) is 9.93. The summed E-state index contributed by atoms with van der Waals surface area (Å²) >= 11 is 0. The van der Waals surface area contributed by atoms with Crippen molar-refractivity contribution in [1.82, 2.24) is 9.97 Å². The number of hydrogen-bond donors (Lipinski definition) is 0. The molecule has 0 N–H and O–H groups in total. The molecule has 0 aliphatic heterocycles. The Labute approximate surface area is 207 Å². The van der Waals surface area contributed by atoms with Gasteiger partial charge in [0.05, 0.1) is 0 Å². The van der Waals surface area contributed by atoms with Crippen molar-refractivity contribution in [1.29, 1.82) is 0 Å². The number of rotatable bonds is 2. The summed E-state index contributed by atoms with van der Waals surface area (Å²) in [6.07, 6.45) is -0.958. The second kappa shape index (κ2) is 11.1. The molecule has 0 saturated carbocycles. The van der Waals surface area contributed by atoms with E-state index in [4.69, 9.17) is 0 Å². The van der Waals surface area contributed by atoms with Crippen LogP contribution in [0.4, 0.5) is 17.6 Å². The first-order chi connectivity index (χ1) is 15.9. The van der Waals surface area contributed by atoms with Crippen LogP contribution in [0.3, 0.4) is 0 Å². The molecule has 0 aliphatic rings. The molecule has 0 bridgehead atoms. The Hall–Kier alpha value is -3.41. The average Bonchev–Trinajstić information content (AvgIpc) is 2.85. The minimum absolute atomic E-state index is 0. The number of aromatic nitrogens is 2. The van der Waals surface area contributed by atoms with Gasteiger partial charge in [0.25, 0.3) is 0 Å². The molecule has 0 aliphatic carbocycles. The second-order valence-electron chi connectivity index (χ2n) is 7.04. The van der Waals surface area contributed by atoms with Crippen molar-refractivity contribution in [2.45, 2.75) is 6.18 Å². The van der Waals surface area contributed by atoms with Crippen LogP contribution < -0.4 is 0 Å². The van der Waals surface area contributed by atoms with E-state index in [1.54, 1.807) is 36.7 Å². The quantitative estimate of drug-likeness (QED) is 0.149. The molecule has 173 valence electrons. The van der Waals surface area contributed by atoms with Gasteiger partial charge in [-0.1, -0.05) is 47.9 Å². The third kappa shape index (κ3) is 6.34. The minimum atomic E-state index is -4.33. The maximum Gasteiger partial charge on any atom is 0.415 e. The van der Waals surface area contributed by atoms with E-state index in [-0.39, 0.29) is 25.9 Å². The molecule has 0 spiro atoms. The van der Waals surface area contributed by atoms with Crippen LogP contribution in [0, 0.1) is 17.9 Å². The normalized spacial score (nSPS) is 10.7. The van der Waals surface area contributed by atoms with Crippen molar-refractivity contribution in [3.05, 3.63) is 121 Å². The number of pyridine rings is 2.